The van der Waals surface area contributed by atoms with E-state index in [0.717, 1.165) is 56.3 Å². The highest BCUT2D eigenvalue weighted by atomic mass is 32.2. The van der Waals surface area contributed by atoms with Gasteiger partial charge in [-0.25, -0.2) is 9.18 Å². The first-order chi connectivity index (χ1) is 15.6. The molecule has 0 aliphatic carbocycles. The maximum atomic E-state index is 14.4. The molecule has 2 amide bonds. The zero-order chi connectivity index (χ0) is 22.1. The summed E-state index contributed by atoms with van der Waals surface area (Å²) in [4.78, 5) is 19.0. The molecule has 3 aromatic carbocycles. The molecule has 4 aromatic rings. The minimum Gasteiger partial charge on any atom is -0.365 e. The maximum absolute atomic E-state index is 14.4. The maximum Gasteiger partial charge on any atom is 0.323 e. The SMILES string of the molecule is Cc1cccc(F)c1CN1CCSc2cc(NC(=O)Nc3c[nH]c4ccccc34)ccc21. The molecule has 0 atom stereocenters. The normalized spacial score (nSPS) is 13.1. The number of rotatable bonds is 4. The van der Waals surface area contributed by atoms with E-state index in [4.69, 9.17) is 0 Å². The molecule has 5 nitrogen and oxygen atoms in total. The van der Waals surface area contributed by atoms with Crippen LogP contribution in [0, 0.1) is 12.7 Å². The van der Waals surface area contributed by atoms with Crippen molar-refractivity contribution < 1.29 is 9.18 Å². The van der Waals surface area contributed by atoms with Crippen molar-refractivity contribution in [2.45, 2.75) is 18.4 Å². The number of hydrogen-bond acceptors (Lipinski definition) is 3. The predicted molar refractivity (Wildman–Crippen MR) is 130 cm³/mol. The number of aromatic nitrogens is 1. The average Bonchev–Trinajstić information content (AvgIpc) is 3.19. The van der Waals surface area contributed by atoms with Gasteiger partial charge in [0, 0.05) is 52.1 Å². The zero-order valence-electron chi connectivity index (χ0n) is 17.6. The number of H-pyrrole nitrogens is 1. The predicted octanol–water partition coefficient (Wildman–Crippen LogP) is 6.37. The lowest BCUT2D eigenvalue weighted by atomic mass is 10.1. The number of aromatic amines is 1. The number of carbonyl (C=O) groups is 1. The van der Waals surface area contributed by atoms with Crippen LogP contribution in [0.15, 0.2) is 71.8 Å². The number of hydrogen-bond donors (Lipinski definition) is 3. The molecule has 0 saturated carbocycles. The second-order valence-corrected chi connectivity index (χ2v) is 8.95. The van der Waals surface area contributed by atoms with Crippen LogP contribution in [0.3, 0.4) is 0 Å². The number of fused-ring (bicyclic) bond motifs is 2. The topological polar surface area (TPSA) is 60.2 Å². The van der Waals surface area contributed by atoms with E-state index in [-0.39, 0.29) is 11.8 Å². The Hall–Kier alpha value is -3.45. The molecule has 0 fully saturated rings. The number of para-hydroxylation sites is 1. The van der Waals surface area contributed by atoms with Gasteiger partial charge in [-0.3, -0.25) is 0 Å². The third-order valence-corrected chi connectivity index (χ3v) is 6.74. The molecule has 0 radical (unpaired) electrons. The fraction of sp³-hybridized carbons (Fsp3) is 0.160. The van der Waals surface area contributed by atoms with Crippen molar-refractivity contribution in [1.82, 2.24) is 4.98 Å². The van der Waals surface area contributed by atoms with Crippen LogP contribution in [0.5, 0.6) is 0 Å². The minimum absolute atomic E-state index is 0.169. The summed E-state index contributed by atoms with van der Waals surface area (Å²) in [7, 11) is 0. The number of urea groups is 1. The van der Waals surface area contributed by atoms with Crippen molar-refractivity contribution >= 4 is 45.8 Å². The second-order valence-electron chi connectivity index (χ2n) is 7.81. The lowest BCUT2D eigenvalue weighted by Gasteiger charge is -2.31. The summed E-state index contributed by atoms with van der Waals surface area (Å²) in [5.41, 5.74) is 5.17. The average molecular weight is 447 g/mol. The van der Waals surface area contributed by atoms with Crippen molar-refractivity contribution in [2.75, 3.05) is 27.8 Å². The fourth-order valence-electron chi connectivity index (χ4n) is 4.04. The van der Waals surface area contributed by atoms with Crippen LogP contribution >= 0.6 is 11.8 Å². The van der Waals surface area contributed by atoms with Gasteiger partial charge in [-0.05, 0) is 42.8 Å². The van der Waals surface area contributed by atoms with Crippen molar-refractivity contribution in [3.8, 4) is 0 Å². The van der Waals surface area contributed by atoms with Crippen molar-refractivity contribution in [1.29, 1.82) is 0 Å². The Balaban J connectivity index is 1.31. The molecule has 1 aliphatic rings. The largest absolute Gasteiger partial charge is 0.365 e. The summed E-state index contributed by atoms with van der Waals surface area (Å²) in [6.45, 7) is 3.32. The molecular weight excluding hydrogens is 423 g/mol. The standard InChI is InChI=1S/C25H23FN4OS/c1-16-5-4-7-20(26)19(16)15-30-11-12-32-24-13-17(9-10-23(24)30)28-25(31)29-22-14-27-21-8-3-2-6-18(21)22/h2-10,13-14,27H,11-12,15H2,1H3,(H2,28,29,31). The van der Waals surface area contributed by atoms with E-state index in [1.807, 2.05) is 55.5 Å². The van der Waals surface area contributed by atoms with Gasteiger partial charge in [0.1, 0.15) is 5.82 Å². The molecule has 1 aliphatic heterocycles. The van der Waals surface area contributed by atoms with E-state index in [9.17, 15) is 9.18 Å². The molecule has 0 unspecified atom stereocenters. The van der Waals surface area contributed by atoms with Crippen LogP contribution in [-0.2, 0) is 6.54 Å². The molecule has 7 heteroatoms. The number of amides is 2. The number of carbonyl (C=O) groups excluding carboxylic acids is 1. The molecule has 5 rings (SSSR count). The van der Waals surface area contributed by atoms with Crippen LogP contribution in [0.25, 0.3) is 10.9 Å². The number of nitrogens with one attached hydrogen (secondary N) is 3. The molecule has 0 spiro atoms. The monoisotopic (exact) mass is 446 g/mol. The lowest BCUT2D eigenvalue weighted by molar-refractivity contribution is 0.262. The Morgan fingerprint density at radius 3 is 2.88 bits per heavy atom. The van der Waals surface area contributed by atoms with Crippen LogP contribution < -0.4 is 15.5 Å². The van der Waals surface area contributed by atoms with Gasteiger partial charge in [0.2, 0.25) is 0 Å². The zero-order valence-corrected chi connectivity index (χ0v) is 18.4. The van der Waals surface area contributed by atoms with Gasteiger partial charge in [0.15, 0.2) is 0 Å². The van der Waals surface area contributed by atoms with Crippen LogP contribution in [-0.4, -0.2) is 23.3 Å². The van der Waals surface area contributed by atoms with Crippen molar-refractivity contribution in [3.05, 3.63) is 83.8 Å². The summed E-state index contributed by atoms with van der Waals surface area (Å²) in [5.74, 6) is 0.739. The lowest BCUT2D eigenvalue weighted by Crippen LogP contribution is -2.29. The highest BCUT2D eigenvalue weighted by molar-refractivity contribution is 7.99. The number of thioether (sulfide) groups is 1. The summed E-state index contributed by atoms with van der Waals surface area (Å²) < 4.78 is 14.4. The summed E-state index contributed by atoms with van der Waals surface area (Å²) in [5, 5.41) is 6.79. The number of benzene rings is 3. The van der Waals surface area contributed by atoms with Crippen molar-refractivity contribution in [2.24, 2.45) is 0 Å². The summed E-state index contributed by atoms with van der Waals surface area (Å²) in [6.07, 6.45) is 1.79. The van der Waals surface area contributed by atoms with E-state index in [1.165, 1.54) is 6.07 Å². The Bertz CT molecular complexity index is 1280. The smallest absolute Gasteiger partial charge is 0.323 e. The first-order valence-electron chi connectivity index (χ1n) is 10.5. The van der Waals surface area contributed by atoms with Gasteiger partial charge in [0.05, 0.1) is 11.4 Å². The molecular formula is C25H23FN4OS. The molecule has 32 heavy (non-hydrogen) atoms. The van der Waals surface area contributed by atoms with Crippen molar-refractivity contribution in [3.63, 3.8) is 0 Å². The van der Waals surface area contributed by atoms with Gasteiger partial charge in [0.25, 0.3) is 0 Å². The molecule has 162 valence electrons. The summed E-state index contributed by atoms with van der Waals surface area (Å²) in [6, 6.07) is 18.6. The number of halogens is 1. The fourth-order valence-corrected chi connectivity index (χ4v) is 5.12. The number of nitrogens with zero attached hydrogens (tertiary/aromatic N) is 1. The first-order valence-corrected chi connectivity index (χ1v) is 11.5. The van der Waals surface area contributed by atoms with E-state index in [0.29, 0.717) is 6.54 Å². The van der Waals surface area contributed by atoms with Crippen LogP contribution in [0.4, 0.5) is 26.2 Å². The van der Waals surface area contributed by atoms with E-state index >= 15 is 0 Å². The Morgan fingerprint density at radius 2 is 2.00 bits per heavy atom. The number of aryl methyl sites for hydroxylation is 1. The van der Waals surface area contributed by atoms with Gasteiger partial charge < -0.3 is 20.5 Å². The summed E-state index contributed by atoms with van der Waals surface area (Å²) >= 11 is 1.75. The third-order valence-electron chi connectivity index (χ3n) is 5.72. The molecule has 3 N–H and O–H groups in total. The van der Waals surface area contributed by atoms with E-state index in [1.54, 1.807) is 24.0 Å². The van der Waals surface area contributed by atoms with Gasteiger partial charge >= 0.3 is 6.03 Å². The second kappa shape index (κ2) is 8.59. The third kappa shape index (κ3) is 4.03. The quantitative estimate of drug-likeness (QED) is 0.341. The minimum atomic E-state index is -0.297. The molecule has 0 saturated heterocycles. The van der Waals surface area contributed by atoms with Gasteiger partial charge in [-0.2, -0.15) is 0 Å². The molecule has 0 bridgehead atoms. The molecule has 2 heterocycles. The highest BCUT2D eigenvalue weighted by Crippen LogP contribution is 2.38. The van der Waals surface area contributed by atoms with Gasteiger partial charge in [-0.15, -0.1) is 11.8 Å². The first kappa shape index (κ1) is 20.5. The Kier molecular flexibility index (Phi) is 5.49. The molecule has 1 aromatic heterocycles. The van der Waals surface area contributed by atoms with E-state index < -0.39 is 0 Å². The van der Waals surface area contributed by atoms with E-state index in [2.05, 4.69) is 20.5 Å². The van der Waals surface area contributed by atoms with Crippen LogP contribution in [0.1, 0.15) is 11.1 Å². The Morgan fingerprint density at radius 1 is 1.12 bits per heavy atom. The van der Waals surface area contributed by atoms with Gasteiger partial charge in [-0.1, -0.05) is 30.3 Å². The Labute approximate surface area is 190 Å². The highest BCUT2D eigenvalue weighted by Gasteiger charge is 2.20. The van der Waals surface area contributed by atoms with Crippen LogP contribution in [0.2, 0.25) is 0 Å². The number of anilines is 3.